The van der Waals surface area contributed by atoms with Gasteiger partial charge in [0.1, 0.15) is 5.60 Å². The van der Waals surface area contributed by atoms with Crippen LogP contribution in [0.5, 0.6) is 23.0 Å². The summed E-state index contributed by atoms with van der Waals surface area (Å²) < 4.78 is 37.3. The fourth-order valence-corrected chi connectivity index (χ4v) is 6.42. The van der Waals surface area contributed by atoms with Crippen molar-refractivity contribution in [3.63, 3.8) is 0 Å². The molecule has 0 saturated carbocycles. The van der Waals surface area contributed by atoms with Gasteiger partial charge in [0.15, 0.2) is 23.0 Å². The van der Waals surface area contributed by atoms with Crippen molar-refractivity contribution in [3.8, 4) is 23.0 Å². The lowest BCUT2D eigenvalue weighted by molar-refractivity contribution is -0.132. The molecule has 0 unspecified atom stereocenters. The van der Waals surface area contributed by atoms with Crippen LogP contribution in [0, 0.1) is 0 Å². The molecule has 0 spiro atoms. The first-order valence-corrected chi connectivity index (χ1v) is 21.4. The van der Waals surface area contributed by atoms with Gasteiger partial charge in [-0.1, -0.05) is 12.1 Å². The van der Waals surface area contributed by atoms with Crippen molar-refractivity contribution in [2.75, 3.05) is 94.0 Å². The third-order valence-electron chi connectivity index (χ3n) is 9.52. The summed E-state index contributed by atoms with van der Waals surface area (Å²) in [6.45, 7) is 12.1. The lowest BCUT2D eigenvalue weighted by atomic mass is 10.1. The van der Waals surface area contributed by atoms with E-state index >= 15 is 0 Å². The van der Waals surface area contributed by atoms with Crippen LogP contribution < -0.4 is 29.6 Å². The summed E-state index contributed by atoms with van der Waals surface area (Å²) in [6, 6.07) is 11.1. The first-order valence-electron chi connectivity index (χ1n) is 21.4. The summed E-state index contributed by atoms with van der Waals surface area (Å²) in [6.07, 6.45) is 1.82. The summed E-state index contributed by atoms with van der Waals surface area (Å²) in [7, 11) is 6.26. The molecule has 17 nitrogen and oxygen atoms in total. The number of alkyl carbamates (subject to hydrolysis) is 2. The minimum atomic E-state index is -0.745. The Morgan fingerprint density at radius 2 is 0.903 bits per heavy atom. The Labute approximate surface area is 368 Å². The maximum atomic E-state index is 13.7. The highest BCUT2D eigenvalue weighted by Gasteiger charge is 2.24. The molecule has 2 aromatic carbocycles. The van der Waals surface area contributed by atoms with Gasteiger partial charge < -0.3 is 58.5 Å². The predicted molar refractivity (Wildman–Crippen MR) is 235 cm³/mol. The van der Waals surface area contributed by atoms with E-state index in [-0.39, 0.29) is 37.9 Å². The van der Waals surface area contributed by atoms with Gasteiger partial charge in [-0.3, -0.25) is 9.59 Å². The van der Waals surface area contributed by atoms with Gasteiger partial charge in [-0.25, -0.2) is 14.4 Å². The molecular formula is C45H71N5O12. The van der Waals surface area contributed by atoms with E-state index in [9.17, 15) is 24.0 Å². The topological polar surface area (TPSA) is 184 Å². The monoisotopic (exact) mass is 874 g/mol. The van der Waals surface area contributed by atoms with Crippen molar-refractivity contribution in [3.05, 3.63) is 47.5 Å². The molecule has 17 heteroatoms. The Kier molecular flexibility index (Phi) is 24.4. The predicted octanol–water partition coefficient (Wildman–Crippen LogP) is 6.23. The summed E-state index contributed by atoms with van der Waals surface area (Å²) in [4.78, 5) is 69.8. The van der Waals surface area contributed by atoms with Crippen molar-refractivity contribution < 1.29 is 57.1 Å². The molecule has 2 aromatic rings. The van der Waals surface area contributed by atoms with Crippen LogP contribution in [0.3, 0.4) is 0 Å². The van der Waals surface area contributed by atoms with Crippen LogP contribution in [-0.4, -0.2) is 144 Å². The zero-order valence-corrected chi connectivity index (χ0v) is 38.4. The van der Waals surface area contributed by atoms with Crippen molar-refractivity contribution >= 4 is 30.1 Å². The number of carbonyl (C=O) groups is 5. The summed E-state index contributed by atoms with van der Waals surface area (Å²) in [5.41, 5.74) is 1.09. The molecule has 62 heavy (non-hydrogen) atoms. The van der Waals surface area contributed by atoms with Crippen LogP contribution >= 0.6 is 0 Å². The number of nitrogens with zero attached hydrogens (tertiary/aromatic N) is 3. The Morgan fingerprint density at radius 3 is 1.26 bits per heavy atom. The normalized spacial score (nSPS) is 10.9. The van der Waals surface area contributed by atoms with E-state index in [0.717, 1.165) is 11.1 Å². The smallest absolute Gasteiger partial charge is 0.410 e. The number of carbonyl (C=O) groups excluding carboxylic acids is 5. The first kappa shape index (κ1) is 52.5. The van der Waals surface area contributed by atoms with Gasteiger partial charge in [0, 0.05) is 65.2 Å². The molecule has 0 aliphatic rings. The van der Waals surface area contributed by atoms with Crippen molar-refractivity contribution in [1.29, 1.82) is 0 Å². The second-order valence-corrected chi connectivity index (χ2v) is 15.3. The number of aryl methyl sites for hydroxylation is 2. The summed E-state index contributed by atoms with van der Waals surface area (Å²) in [5.74, 6) is 2.21. The van der Waals surface area contributed by atoms with E-state index in [2.05, 4.69) is 10.6 Å². The molecular weight excluding hydrogens is 803 g/mol. The van der Waals surface area contributed by atoms with Gasteiger partial charge >= 0.3 is 18.3 Å². The number of hydrogen-bond donors (Lipinski definition) is 2. The molecule has 0 saturated heterocycles. The molecule has 0 radical (unpaired) electrons. The molecule has 0 aliphatic heterocycles. The summed E-state index contributed by atoms with van der Waals surface area (Å²) in [5, 5.41) is 5.41. The highest BCUT2D eigenvalue weighted by molar-refractivity contribution is 5.77. The fraction of sp³-hybridized carbons (Fsp3) is 0.622. The third-order valence-corrected chi connectivity index (χ3v) is 9.52. The SMILES string of the molecule is CCOC(=O)NCCCN(CCCN(CCCN(CCCNC(=O)OCC)C(=O)CCc1ccc(OC)c(OC)c1)C(=O)OC(C)(C)C)C(=O)CCc1ccc(OC)c(OC)c1. The number of methoxy groups -OCH3 is 4. The Hall–Kier alpha value is -5.61. The van der Waals surface area contributed by atoms with Crippen LogP contribution in [0.15, 0.2) is 36.4 Å². The summed E-state index contributed by atoms with van der Waals surface area (Å²) >= 11 is 0. The van der Waals surface area contributed by atoms with Gasteiger partial charge in [0.25, 0.3) is 0 Å². The molecule has 2 N–H and O–H groups in total. The van der Waals surface area contributed by atoms with Crippen molar-refractivity contribution in [2.45, 2.75) is 91.6 Å². The van der Waals surface area contributed by atoms with E-state index in [0.29, 0.717) is 114 Å². The Balaban J connectivity index is 2.17. The van der Waals surface area contributed by atoms with Gasteiger partial charge in [0.05, 0.1) is 41.7 Å². The highest BCUT2D eigenvalue weighted by Crippen LogP contribution is 2.29. The van der Waals surface area contributed by atoms with E-state index < -0.39 is 23.9 Å². The van der Waals surface area contributed by atoms with Crippen LogP contribution in [0.1, 0.15) is 84.3 Å². The number of rotatable bonds is 28. The second-order valence-electron chi connectivity index (χ2n) is 15.3. The minimum absolute atomic E-state index is 0.0700. The zero-order valence-electron chi connectivity index (χ0n) is 38.4. The van der Waals surface area contributed by atoms with Crippen LogP contribution in [0.2, 0.25) is 0 Å². The fourth-order valence-electron chi connectivity index (χ4n) is 6.42. The number of hydrogen-bond acceptors (Lipinski definition) is 12. The molecule has 0 heterocycles. The number of ether oxygens (including phenoxy) is 7. The number of benzene rings is 2. The van der Waals surface area contributed by atoms with Crippen LogP contribution in [-0.2, 0) is 36.6 Å². The van der Waals surface area contributed by atoms with Crippen molar-refractivity contribution in [1.82, 2.24) is 25.3 Å². The standard InChI is InChI=1S/C45H71N5O12/c1-10-60-42(53)46-24-12-26-48(40(51)22-18-34-16-20-36(56-6)38(32-34)58-8)28-14-30-50(44(55)62-45(3,4)5)31-15-29-49(27-13-25-47-43(54)61-11-2)41(52)23-19-35-17-21-37(57-7)39(33-35)59-9/h16-17,20-21,32-33H,10-15,18-19,22-31H2,1-9H3,(H,46,53)(H,47,54). The highest BCUT2D eigenvalue weighted by atomic mass is 16.6. The van der Waals surface area contributed by atoms with Crippen molar-refractivity contribution in [2.24, 2.45) is 0 Å². The molecule has 0 aromatic heterocycles. The molecule has 5 amide bonds. The lowest BCUT2D eigenvalue weighted by Gasteiger charge is -2.30. The van der Waals surface area contributed by atoms with Gasteiger partial charge in [-0.05, 0) is 109 Å². The molecule has 2 rings (SSSR count). The molecule has 348 valence electrons. The quantitative estimate of drug-likeness (QED) is 0.0727. The minimum Gasteiger partial charge on any atom is -0.493 e. The maximum Gasteiger partial charge on any atom is 0.410 e. The van der Waals surface area contributed by atoms with E-state index in [1.54, 1.807) is 77.8 Å². The van der Waals surface area contributed by atoms with E-state index in [1.165, 1.54) is 0 Å². The average molecular weight is 874 g/mol. The maximum absolute atomic E-state index is 13.7. The Bertz CT molecular complexity index is 1580. The molecule has 0 atom stereocenters. The zero-order chi connectivity index (χ0) is 45.9. The Morgan fingerprint density at radius 1 is 0.532 bits per heavy atom. The first-order chi connectivity index (χ1) is 29.7. The number of amides is 5. The average Bonchev–Trinajstić information content (AvgIpc) is 3.24. The van der Waals surface area contributed by atoms with Gasteiger partial charge in [-0.15, -0.1) is 0 Å². The van der Waals surface area contributed by atoms with Crippen LogP contribution in [0.4, 0.5) is 14.4 Å². The molecule has 0 aliphatic carbocycles. The van der Waals surface area contributed by atoms with E-state index in [4.69, 9.17) is 33.2 Å². The van der Waals surface area contributed by atoms with Gasteiger partial charge in [-0.2, -0.15) is 0 Å². The molecule has 0 fully saturated rings. The third kappa shape index (κ3) is 20.3. The van der Waals surface area contributed by atoms with Gasteiger partial charge in [0.2, 0.25) is 11.8 Å². The largest absolute Gasteiger partial charge is 0.493 e. The number of nitrogens with one attached hydrogen (secondary N) is 2. The second kappa shape index (κ2) is 28.8. The molecule has 0 bridgehead atoms. The van der Waals surface area contributed by atoms with E-state index in [1.807, 2.05) is 36.4 Å². The van der Waals surface area contributed by atoms with Crippen LogP contribution in [0.25, 0.3) is 0 Å². The lowest BCUT2D eigenvalue weighted by Crippen LogP contribution is -2.42.